The molecule has 0 aliphatic heterocycles. The molecule has 0 radical (unpaired) electrons. The average Bonchev–Trinajstić information content (AvgIpc) is 3.62. The average molecular weight is 419 g/mol. The zero-order valence-electron chi connectivity index (χ0n) is 17.1. The van der Waals surface area contributed by atoms with Gasteiger partial charge in [0.25, 0.3) is 5.91 Å². The number of carbonyl (C=O) groups excluding carboxylic acids is 2. The summed E-state index contributed by atoms with van der Waals surface area (Å²) < 4.78 is 0. The van der Waals surface area contributed by atoms with Gasteiger partial charge in [0.05, 0.1) is 12.7 Å². The topological polar surface area (TPSA) is 91.5 Å². The first-order valence-corrected chi connectivity index (χ1v) is 11.4. The van der Waals surface area contributed by atoms with E-state index in [2.05, 4.69) is 21.4 Å². The van der Waals surface area contributed by atoms with Crippen LogP contribution in [0.15, 0.2) is 11.9 Å². The molecule has 2 fully saturated rings. The van der Waals surface area contributed by atoms with E-state index in [9.17, 15) is 9.59 Å². The maximum absolute atomic E-state index is 13.1. The number of amides is 2. The van der Waals surface area contributed by atoms with Crippen LogP contribution in [0.2, 0.25) is 0 Å². The molecule has 0 bridgehead atoms. The smallest absolute Gasteiger partial charge is 0.254 e. The second kappa shape index (κ2) is 8.75. The summed E-state index contributed by atoms with van der Waals surface area (Å²) in [6.07, 6.45) is 8.82. The fourth-order valence-corrected chi connectivity index (χ4v) is 4.99. The van der Waals surface area contributed by atoms with Gasteiger partial charge < -0.3 is 16.0 Å². The Hall–Kier alpha value is -2.06. The number of allylic oxidation sites excluding steroid dienone is 1. The van der Waals surface area contributed by atoms with Crippen LogP contribution in [-0.2, 0) is 22.5 Å². The third-order valence-electron chi connectivity index (χ3n) is 5.78. The van der Waals surface area contributed by atoms with Crippen molar-refractivity contribution in [1.29, 1.82) is 0 Å². The number of fused-ring (bicyclic) bond motifs is 1. The normalized spacial score (nSPS) is 21.3. The molecule has 0 spiro atoms. The van der Waals surface area contributed by atoms with Gasteiger partial charge in [0.2, 0.25) is 5.91 Å². The Morgan fingerprint density at radius 2 is 2.00 bits per heavy atom. The number of hydroxylamine groups is 1. The molecule has 3 aliphatic carbocycles. The van der Waals surface area contributed by atoms with Crippen LogP contribution < -0.4 is 21.4 Å². The molecule has 2 amide bonds. The van der Waals surface area contributed by atoms with Crippen LogP contribution in [0.25, 0.3) is 0 Å². The molecular weight excluding hydrogens is 388 g/mol. The third kappa shape index (κ3) is 4.93. The first-order valence-electron chi connectivity index (χ1n) is 10.5. The number of anilines is 1. The molecule has 4 N–H and O–H groups in total. The van der Waals surface area contributed by atoms with Crippen LogP contribution in [0.3, 0.4) is 0 Å². The highest BCUT2D eigenvalue weighted by molar-refractivity contribution is 7.17. The summed E-state index contributed by atoms with van der Waals surface area (Å²) in [5, 5.41) is 10.3. The number of hydrogen-bond acceptors (Lipinski definition) is 6. The van der Waals surface area contributed by atoms with Gasteiger partial charge in [-0.05, 0) is 69.4 Å². The lowest BCUT2D eigenvalue weighted by Gasteiger charge is -2.26. The van der Waals surface area contributed by atoms with Gasteiger partial charge in [0, 0.05) is 23.4 Å². The summed E-state index contributed by atoms with van der Waals surface area (Å²) in [7, 11) is 1.58. The lowest BCUT2D eigenvalue weighted by atomic mass is 9.91. The molecular formula is C21H30N4O3S. The van der Waals surface area contributed by atoms with Crippen molar-refractivity contribution in [3.63, 3.8) is 0 Å². The van der Waals surface area contributed by atoms with Gasteiger partial charge in [-0.1, -0.05) is 0 Å². The number of hydrogen-bond donors (Lipinski definition) is 4. The van der Waals surface area contributed by atoms with Crippen molar-refractivity contribution in [3.8, 4) is 0 Å². The fraction of sp³-hybridized carbons (Fsp3) is 0.619. The summed E-state index contributed by atoms with van der Waals surface area (Å²) in [5.74, 6) is 1.54. The minimum atomic E-state index is -0.0533. The van der Waals surface area contributed by atoms with E-state index in [-0.39, 0.29) is 23.8 Å². The first kappa shape index (κ1) is 20.2. The van der Waals surface area contributed by atoms with E-state index >= 15 is 0 Å². The Bertz CT molecular complexity index is 811. The molecule has 0 aromatic carbocycles. The first-order chi connectivity index (χ1) is 14.1. The highest BCUT2D eigenvalue weighted by atomic mass is 32.1. The molecule has 1 heterocycles. The second-order valence-corrected chi connectivity index (χ2v) is 9.32. The summed E-state index contributed by atoms with van der Waals surface area (Å²) in [6.45, 7) is 2.66. The van der Waals surface area contributed by atoms with Gasteiger partial charge in [-0.3, -0.25) is 19.9 Å². The maximum atomic E-state index is 13.1. The largest absolute Gasteiger partial charge is 0.367 e. The molecule has 158 valence electrons. The lowest BCUT2D eigenvalue weighted by Crippen LogP contribution is -2.38. The number of carbonyl (C=O) groups is 2. The number of thiophene rings is 1. The van der Waals surface area contributed by atoms with Crippen molar-refractivity contribution in [2.24, 2.45) is 11.8 Å². The van der Waals surface area contributed by atoms with Crippen molar-refractivity contribution in [3.05, 3.63) is 27.9 Å². The Labute approximate surface area is 175 Å². The van der Waals surface area contributed by atoms with E-state index < -0.39 is 0 Å². The molecule has 4 rings (SSSR count). The zero-order chi connectivity index (χ0) is 20.4. The minimum Gasteiger partial charge on any atom is -0.367 e. The van der Waals surface area contributed by atoms with E-state index in [1.165, 1.54) is 17.7 Å². The van der Waals surface area contributed by atoms with Gasteiger partial charge in [0.1, 0.15) is 10.8 Å². The second-order valence-electron chi connectivity index (χ2n) is 8.22. The Balaban J connectivity index is 1.54. The van der Waals surface area contributed by atoms with Gasteiger partial charge in [-0.15, -0.1) is 11.3 Å². The molecule has 8 heteroatoms. The molecule has 1 unspecified atom stereocenters. The summed E-state index contributed by atoms with van der Waals surface area (Å²) >= 11 is 1.58. The van der Waals surface area contributed by atoms with Crippen molar-refractivity contribution in [1.82, 2.24) is 16.1 Å². The monoisotopic (exact) mass is 418 g/mol. The molecule has 1 aromatic rings. The number of rotatable bonds is 9. The molecule has 1 atom stereocenters. The SMILES string of the molecule is C/C=C(/NOC)NC1CCc2sc(NC(=O)C3CC3)c(C(=O)NCC3CC3)c2C1. The van der Waals surface area contributed by atoms with Gasteiger partial charge in [-0.25, -0.2) is 0 Å². The summed E-state index contributed by atoms with van der Waals surface area (Å²) in [4.78, 5) is 31.7. The summed E-state index contributed by atoms with van der Waals surface area (Å²) in [6, 6.07) is 0.202. The van der Waals surface area contributed by atoms with E-state index in [4.69, 9.17) is 4.84 Å². The third-order valence-corrected chi connectivity index (χ3v) is 6.99. The molecule has 0 saturated heterocycles. The van der Waals surface area contributed by atoms with E-state index in [0.717, 1.165) is 55.0 Å². The van der Waals surface area contributed by atoms with Gasteiger partial charge in [-0.2, -0.15) is 0 Å². The van der Waals surface area contributed by atoms with Crippen molar-refractivity contribution in [2.45, 2.75) is 57.9 Å². The van der Waals surface area contributed by atoms with E-state index in [1.807, 2.05) is 13.0 Å². The van der Waals surface area contributed by atoms with Crippen molar-refractivity contribution in [2.75, 3.05) is 19.0 Å². The van der Waals surface area contributed by atoms with Crippen molar-refractivity contribution < 1.29 is 14.4 Å². The molecule has 2 saturated carbocycles. The van der Waals surface area contributed by atoms with Gasteiger partial charge in [0.15, 0.2) is 0 Å². The van der Waals surface area contributed by atoms with E-state index in [1.54, 1.807) is 18.4 Å². The molecule has 3 aliphatic rings. The molecule has 1 aromatic heterocycles. The number of aryl methyl sites for hydroxylation is 1. The maximum Gasteiger partial charge on any atom is 0.254 e. The van der Waals surface area contributed by atoms with Crippen LogP contribution in [0.5, 0.6) is 0 Å². The quantitative estimate of drug-likeness (QED) is 0.463. The van der Waals surface area contributed by atoms with Crippen LogP contribution in [-0.4, -0.2) is 31.5 Å². The molecule has 29 heavy (non-hydrogen) atoms. The standard InChI is InChI=1S/C21H30N4O3S/c1-3-17(25-28-2)23-14-8-9-16-15(10-14)18(20(27)22-11-12-4-5-12)21(29-16)24-19(26)13-6-7-13/h3,12-14,23,25H,4-11H2,1-2H3,(H,22,27)(H,24,26)/b17-3+. The van der Waals surface area contributed by atoms with Crippen LogP contribution in [0, 0.1) is 11.8 Å². The lowest BCUT2D eigenvalue weighted by molar-refractivity contribution is -0.117. The van der Waals surface area contributed by atoms with Crippen LogP contribution in [0.4, 0.5) is 5.00 Å². The van der Waals surface area contributed by atoms with Crippen LogP contribution in [0.1, 0.15) is 59.8 Å². The van der Waals surface area contributed by atoms with Crippen LogP contribution >= 0.6 is 11.3 Å². The highest BCUT2D eigenvalue weighted by Crippen LogP contribution is 2.40. The van der Waals surface area contributed by atoms with E-state index in [0.29, 0.717) is 11.5 Å². The minimum absolute atomic E-state index is 0.0509. The fourth-order valence-electron chi connectivity index (χ4n) is 3.74. The van der Waals surface area contributed by atoms with Gasteiger partial charge >= 0.3 is 0 Å². The number of nitrogens with one attached hydrogen (secondary N) is 4. The highest BCUT2D eigenvalue weighted by Gasteiger charge is 2.34. The molecule has 7 nitrogen and oxygen atoms in total. The Morgan fingerprint density at radius 1 is 1.21 bits per heavy atom. The van der Waals surface area contributed by atoms with Crippen molar-refractivity contribution >= 4 is 28.2 Å². The predicted octanol–water partition coefficient (Wildman–Crippen LogP) is 2.70. The Morgan fingerprint density at radius 3 is 2.66 bits per heavy atom. The predicted molar refractivity (Wildman–Crippen MR) is 114 cm³/mol. The Kier molecular flexibility index (Phi) is 6.10. The zero-order valence-corrected chi connectivity index (χ0v) is 17.9. The summed E-state index contributed by atoms with van der Waals surface area (Å²) in [5.41, 5.74) is 4.60.